The van der Waals surface area contributed by atoms with Gasteiger partial charge >= 0.3 is 0 Å². The quantitative estimate of drug-likeness (QED) is 0.0420. The zero-order valence-corrected chi connectivity index (χ0v) is 51.1. The average molecular weight is 1080 g/mol. The van der Waals surface area contributed by atoms with Crippen LogP contribution in [0.1, 0.15) is 296 Å². The van der Waals surface area contributed by atoms with Gasteiger partial charge in [0.25, 0.3) is 0 Å². The zero-order chi connectivity index (χ0) is 56.2. The van der Waals surface area contributed by atoms with Crippen molar-refractivity contribution in [2.45, 2.75) is 309 Å². The van der Waals surface area contributed by atoms with Gasteiger partial charge in [-0.2, -0.15) is 0 Å². The van der Waals surface area contributed by atoms with Gasteiger partial charge < -0.3 is 15.5 Å². The molecule has 444 valence electrons. The minimum Gasteiger partial charge on any atom is -0.394 e. The number of amides is 1. The van der Waals surface area contributed by atoms with Gasteiger partial charge in [-0.1, -0.05) is 327 Å². The Morgan fingerprint density at radius 3 is 0.897 bits per heavy atom. The molecule has 0 aromatic heterocycles. The van der Waals surface area contributed by atoms with Crippen LogP contribution in [0.25, 0.3) is 0 Å². The molecule has 0 spiro atoms. The molecule has 0 saturated heterocycles. The summed E-state index contributed by atoms with van der Waals surface area (Å²) in [6.07, 6.45) is 106. The molecule has 4 heteroatoms. The standard InChI is InChI=1S/C74H125NO3/c1-3-5-7-9-11-13-15-17-19-21-23-25-27-29-30-31-32-33-34-35-36-37-38-39-40-41-42-43-44-46-48-50-52-54-56-58-60-62-64-66-68-70-74(78)75-72(71-76)73(77)69-67-65-63-61-59-57-55-53-51-49-47-45-28-26-24-22-20-18-16-14-12-10-8-6-4-2/h5,7,11,13,17,19,23,25,29-30,32-33,35-36,38-39,41-42,44,46,59,61,67,69,72-73,76-77H,3-4,6,8-10,12,14-16,18,20-22,24,26-28,31,34,37,40,43,45,47-58,60,62-66,68,70-71H2,1-2H3,(H,75,78)/b7-5-,13-11-,19-17-,25-23-,30-29-,33-32-,36-35-,39-38-,42-41-,46-44-,61-59+,69-67+. The summed E-state index contributed by atoms with van der Waals surface area (Å²) >= 11 is 0. The molecule has 0 aromatic rings. The van der Waals surface area contributed by atoms with Gasteiger partial charge in [-0.25, -0.2) is 0 Å². The second kappa shape index (κ2) is 67.5. The van der Waals surface area contributed by atoms with Crippen molar-refractivity contribution in [2.75, 3.05) is 6.61 Å². The lowest BCUT2D eigenvalue weighted by molar-refractivity contribution is -0.123. The van der Waals surface area contributed by atoms with E-state index in [2.05, 4.69) is 153 Å². The lowest BCUT2D eigenvalue weighted by Gasteiger charge is -2.19. The first kappa shape index (κ1) is 74.3. The molecule has 3 N–H and O–H groups in total. The van der Waals surface area contributed by atoms with Crippen molar-refractivity contribution in [2.24, 2.45) is 0 Å². The fourth-order valence-corrected chi connectivity index (χ4v) is 9.34. The van der Waals surface area contributed by atoms with E-state index in [9.17, 15) is 15.0 Å². The van der Waals surface area contributed by atoms with Crippen LogP contribution in [0.5, 0.6) is 0 Å². The van der Waals surface area contributed by atoms with E-state index in [-0.39, 0.29) is 12.5 Å². The molecule has 0 aromatic carbocycles. The normalized spacial score (nSPS) is 13.7. The van der Waals surface area contributed by atoms with E-state index >= 15 is 0 Å². The van der Waals surface area contributed by atoms with Crippen molar-refractivity contribution < 1.29 is 15.0 Å². The fourth-order valence-electron chi connectivity index (χ4n) is 9.34. The van der Waals surface area contributed by atoms with Crippen LogP contribution in [0.15, 0.2) is 146 Å². The summed E-state index contributed by atoms with van der Waals surface area (Å²) in [6.45, 7) is 4.19. The van der Waals surface area contributed by atoms with E-state index in [1.165, 1.54) is 173 Å². The summed E-state index contributed by atoms with van der Waals surface area (Å²) < 4.78 is 0. The lowest BCUT2D eigenvalue weighted by Crippen LogP contribution is -2.45. The number of hydrogen-bond donors (Lipinski definition) is 3. The van der Waals surface area contributed by atoms with Gasteiger partial charge in [0.2, 0.25) is 5.91 Å². The Hall–Kier alpha value is -3.73. The molecule has 0 aliphatic carbocycles. The Morgan fingerprint density at radius 1 is 0.321 bits per heavy atom. The Bertz CT molecular complexity index is 1600. The first-order valence-corrected chi connectivity index (χ1v) is 33.0. The second-order valence-electron chi connectivity index (χ2n) is 21.8. The molecule has 0 saturated carbocycles. The third-order valence-corrected chi connectivity index (χ3v) is 14.3. The Morgan fingerprint density at radius 2 is 0.577 bits per heavy atom. The molecule has 0 radical (unpaired) electrons. The molecule has 4 nitrogen and oxygen atoms in total. The third kappa shape index (κ3) is 63.1. The largest absolute Gasteiger partial charge is 0.394 e. The topological polar surface area (TPSA) is 69.6 Å². The average Bonchev–Trinajstić information content (AvgIpc) is 3.44. The maximum Gasteiger partial charge on any atom is 0.220 e. The molecule has 0 bridgehead atoms. The van der Waals surface area contributed by atoms with Crippen LogP contribution in [0.2, 0.25) is 0 Å². The molecular weight excluding hydrogens is 951 g/mol. The highest BCUT2D eigenvalue weighted by Crippen LogP contribution is 2.16. The second-order valence-corrected chi connectivity index (χ2v) is 21.8. The molecule has 0 aliphatic heterocycles. The van der Waals surface area contributed by atoms with Crippen molar-refractivity contribution in [1.29, 1.82) is 0 Å². The predicted molar refractivity (Wildman–Crippen MR) is 349 cm³/mol. The van der Waals surface area contributed by atoms with E-state index in [1.54, 1.807) is 6.08 Å². The van der Waals surface area contributed by atoms with Gasteiger partial charge in [0, 0.05) is 6.42 Å². The van der Waals surface area contributed by atoms with Crippen molar-refractivity contribution in [3.63, 3.8) is 0 Å². The van der Waals surface area contributed by atoms with E-state index in [4.69, 9.17) is 0 Å². The van der Waals surface area contributed by atoms with E-state index in [0.717, 1.165) is 103 Å². The number of nitrogens with one attached hydrogen (secondary N) is 1. The van der Waals surface area contributed by atoms with Crippen LogP contribution in [-0.2, 0) is 4.79 Å². The highest BCUT2D eigenvalue weighted by molar-refractivity contribution is 5.76. The lowest BCUT2D eigenvalue weighted by atomic mass is 10.0. The number of hydrogen-bond acceptors (Lipinski definition) is 3. The maximum atomic E-state index is 12.5. The van der Waals surface area contributed by atoms with Crippen LogP contribution in [0.4, 0.5) is 0 Å². The van der Waals surface area contributed by atoms with Crippen LogP contribution in [-0.4, -0.2) is 34.9 Å². The first-order chi connectivity index (χ1) is 38.7. The van der Waals surface area contributed by atoms with Gasteiger partial charge in [-0.05, 0) is 109 Å². The molecule has 2 unspecified atom stereocenters. The molecular formula is C74H125NO3. The highest BCUT2D eigenvalue weighted by Gasteiger charge is 2.18. The molecule has 2 atom stereocenters. The van der Waals surface area contributed by atoms with Crippen molar-refractivity contribution in [3.05, 3.63) is 146 Å². The number of carbonyl (C=O) groups is 1. The van der Waals surface area contributed by atoms with Gasteiger partial charge in [0.05, 0.1) is 18.8 Å². The van der Waals surface area contributed by atoms with Crippen LogP contribution in [0, 0.1) is 0 Å². The molecule has 0 rings (SSSR count). The first-order valence-electron chi connectivity index (χ1n) is 33.0. The van der Waals surface area contributed by atoms with E-state index in [1.807, 2.05) is 6.08 Å². The monoisotopic (exact) mass is 1080 g/mol. The number of allylic oxidation sites excluding steroid dienone is 23. The molecule has 78 heavy (non-hydrogen) atoms. The smallest absolute Gasteiger partial charge is 0.220 e. The third-order valence-electron chi connectivity index (χ3n) is 14.3. The zero-order valence-electron chi connectivity index (χ0n) is 51.1. The van der Waals surface area contributed by atoms with Crippen molar-refractivity contribution >= 4 is 5.91 Å². The highest BCUT2D eigenvalue weighted by atomic mass is 16.3. The summed E-state index contributed by atoms with van der Waals surface area (Å²) in [4.78, 5) is 12.5. The fraction of sp³-hybridized carbons (Fsp3) is 0.662. The van der Waals surface area contributed by atoms with Gasteiger partial charge in [0.1, 0.15) is 0 Å². The van der Waals surface area contributed by atoms with Gasteiger partial charge in [-0.3, -0.25) is 4.79 Å². The molecule has 1 amide bonds. The van der Waals surface area contributed by atoms with Gasteiger partial charge in [0.15, 0.2) is 0 Å². The van der Waals surface area contributed by atoms with Crippen LogP contribution < -0.4 is 5.32 Å². The number of carbonyl (C=O) groups excluding carboxylic acids is 1. The van der Waals surface area contributed by atoms with Crippen molar-refractivity contribution in [3.8, 4) is 0 Å². The summed E-state index contributed by atoms with van der Waals surface area (Å²) in [6, 6.07) is -0.653. The molecule has 0 heterocycles. The summed E-state index contributed by atoms with van der Waals surface area (Å²) in [5, 5.41) is 23.2. The molecule has 0 fully saturated rings. The summed E-state index contributed by atoms with van der Waals surface area (Å²) in [5.41, 5.74) is 0. The minimum atomic E-state index is -0.875. The van der Waals surface area contributed by atoms with E-state index < -0.39 is 12.1 Å². The Labute approximate surface area is 484 Å². The molecule has 0 aliphatic rings. The number of unbranched alkanes of at least 4 members (excludes halogenated alkanes) is 30. The Kier molecular flexibility index (Phi) is 64.3. The summed E-state index contributed by atoms with van der Waals surface area (Å²) in [7, 11) is 0. The maximum absolute atomic E-state index is 12.5. The number of rotatable bonds is 59. The SMILES string of the molecule is CC/C=C\C/C=C\C/C=C\C/C=C\C/C=C\C/C=C\C/C=C\C/C=C\C/C=C\C/C=C\CCCCCCCCCCCCC(=O)NC(CO)C(O)/C=C/CC/C=C/CCCCCCCCCCCCCCCCCCCCC. The predicted octanol–water partition coefficient (Wildman–Crippen LogP) is 22.7. The van der Waals surface area contributed by atoms with Crippen LogP contribution >= 0.6 is 0 Å². The minimum absolute atomic E-state index is 0.0817. The number of aliphatic hydroxyl groups is 2. The van der Waals surface area contributed by atoms with Crippen LogP contribution in [0.3, 0.4) is 0 Å². The van der Waals surface area contributed by atoms with E-state index in [0.29, 0.717) is 6.42 Å². The summed E-state index contributed by atoms with van der Waals surface area (Å²) in [5.74, 6) is -0.0817. The number of aliphatic hydroxyl groups excluding tert-OH is 2. The van der Waals surface area contributed by atoms with Gasteiger partial charge in [-0.15, -0.1) is 0 Å². The Balaban J connectivity index is 3.61. The van der Waals surface area contributed by atoms with Crippen molar-refractivity contribution in [1.82, 2.24) is 5.32 Å².